The molecule has 3 amide bonds. The smallest absolute Gasteiger partial charge is 0.377 e. The van der Waals surface area contributed by atoms with Crippen LogP contribution in [0.2, 0.25) is 0 Å². The molecule has 2 aromatic rings. The van der Waals surface area contributed by atoms with Crippen LogP contribution >= 0.6 is 0 Å². The molecule has 0 bridgehead atoms. The van der Waals surface area contributed by atoms with E-state index in [4.69, 9.17) is 15.0 Å². The lowest BCUT2D eigenvalue weighted by atomic mass is 10.1. The SMILES string of the molecule is CCC(=O)N(C)CCOCCOCCN(C)C(=O)[C@@H]1C[C@H](N=[N+]=[N-])CN1C(=O)c1ccc2c(=O)oc(=O)n(C)c2c1. The maximum atomic E-state index is 13.5. The number of ether oxygens (including phenoxy) is 2. The number of fused-ring (bicyclic) bond motifs is 1. The van der Waals surface area contributed by atoms with E-state index in [-0.39, 0.29) is 54.4 Å². The second-order valence-corrected chi connectivity index (χ2v) is 9.67. The molecule has 0 spiro atoms. The van der Waals surface area contributed by atoms with Gasteiger partial charge >= 0.3 is 11.4 Å². The van der Waals surface area contributed by atoms with Gasteiger partial charge in [-0.15, -0.1) is 0 Å². The fourth-order valence-electron chi connectivity index (χ4n) is 4.49. The van der Waals surface area contributed by atoms with Gasteiger partial charge in [0.05, 0.1) is 43.4 Å². The molecule has 0 saturated carbocycles. The molecule has 15 nitrogen and oxygen atoms in total. The van der Waals surface area contributed by atoms with Crippen molar-refractivity contribution in [3.63, 3.8) is 0 Å². The highest BCUT2D eigenvalue weighted by atomic mass is 16.5. The molecule has 1 saturated heterocycles. The fourth-order valence-corrected chi connectivity index (χ4v) is 4.49. The Morgan fingerprint density at radius 1 is 1.10 bits per heavy atom. The summed E-state index contributed by atoms with van der Waals surface area (Å²) in [7, 11) is 4.73. The molecule has 222 valence electrons. The molecule has 2 heterocycles. The molecule has 1 aliphatic rings. The molecular weight excluding hydrogens is 538 g/mol. The van der Waals surface area contributed by atoms with Crippen molar-refractivity contribution in [3.8, 4) is 0 Å². The van der Waals surface area contributed by atoms with Crippen LogP contribution < -0.4 is 11.4 Å². The first-order valence-corrected chi connectivity index (χ1v) is 13.2. The molecular formula is C26H35N7O8. The van der Waals surface area contributed by atoms with E-state index < -0.39 is 29.4 Å². The number of aryl methyl sites for hydroxylation is 1. The van der Waals surface area contributed by atoms with Gasteiger partial charge < -0.3 is 28.6 Å². The average Bonchev–Trinajstić information content (AvgIpc) is 3.39. The number of hydrogen-bond acceptors (Lipinski definition) is 9. The normalized spacial score (nSPS) is 16.4. The van der Waals surface area contributed by atoms with E-state index in [1.807, 2.05) is 0 Å². The second kappa shape index (κ2) is 14.4. The van der Waals surface area contributed by atoms with Crippen molar-refractivity contribution >= 4 is 28.6 Å². The van der Waals surface area contributed by atoms with Crippen LogP contribution in [0.25, 0.3) is 21.3 Å². The molecule has 0 aliphatic carbocycles. The monoisotopic (exact) mass is 573 g/mol. The lowest BCUT2D eigenvalue weighted by Crippen LogP contribution is -2.47. The number of likely N-dealkylation sites (N-methyl/N-ethyl adjacent to an activating group) is 2. The molecule has 41 heavy (non-hydrogen) atoms. The topological polar surface area (TPSA) is 180 Å². The van der Waals surface area contributed by atoms with Crippen LogP contribution in [0.15, 0.2) is 37.3 Å². The van der Waals surface area contributed by atoms with Gasteiger partial charge in [0.25, 0.3) is 5.91 Å². The largest absolute Gasteiger partial charge is 0.422 e. The highest BCUT2D eigenvalue weighted by Gasteiger charge is 2.40. The Morgan fingerprint density at radius 2 is 1.76 bits per heavy atom. The summed E-state index contributed by atoms with van der Waals surface area (Å²) >= 11 is 0. The number of benzene rings is 1. The first-order valence-electron chi connectivity index (χ1n) is 13.2. The van der Waals surface area contributed by atoms with Gasteiger partial charge in [0.1, 0.15) is 6.04 Å². The van der Waals surface area contributed by atoms with Crippen molar-refractivity contribution in [1.82, 2.24) is 19.3 Å². The molecule has 0 radical (unpaired) electrons. The van der Waals surface area contributed by atoms with Crippen molar-refractivity contribution in [1.29, 1.82) is 0 Å². The Balaban J connectivity index is 1.59. The van der Waals surface area contributed by atoms with E-state index in [9.17, 15) is 24.0 Å². The first-order chi connectivity index (χ1) is 19.6. The van der Waals surface area contributed by atoms with Gasteiger partial charge in [-0.1, -0.05) is 12.0 Å². The minimum Gasteiger partial charge on any atom is -0.377 e. The van der Waals surface area contributed by atoms with Crippen LogP contribution in [0, 0.1) is 0 Å². The molecule has 2 atom stereocenters. The third kappa shape index (κ3) is 7.72. The number of nitrogens with zero attached hydrogens (tertiary/aromatic N) is 7. The van der Waals surface area contributed by atoms with Gasteiger partial charge in [-0.25, -0.2) is 9.59 Å². The maximum Gasteiger partial charge on any atom is 0.422 e. The van der Waals surface area contributed by atoms with E-state index in [1.54, 1.807) is 25.9 Å². The molecule has 1 aromatic carbocycles. The minimum atomic E-state index is -0.880. The summed E-state index contributed by atoms with van der Waals surface area (Å²) in [6.07, 6.45) is 0.592. The average molecular weight is 574 g/mol. The third-order valence-corrected chi connectivity index (χ3v) is 6.94. The summed E-state index contributed by atoms with van der Waals surface area (Å²) in [5.41, 5.74) is 8.49. The number of rotatable bonds is 13. The van der Waals surface area contributed by atoms with Crippen molar-refractivity contribution in [2.75, 3.05) is 60.2 Å². The van der Waals surface area contributed by atoms with E-state index in [0.29, 0.717) is 32.8 Å². The first kappa shape index (κ1) is 31.3. The summed E-state index contributed by atoms with van der Waals surface area (Å²) in [4.78, 5) is 69.6. The maximum absolute atomic E-state index is 13.5. The molecule has 0 N–H and O–H groups in total. The van der Waals surface area contributed by atoms with Crippen LogP contribution in [0.4, 0.5) is 0 Å². The number of hydrogen-bond donors (Lipinski definition) is 0. The van der Waals surface area contributed by atoms with Gasteiger partial charge in [0, 0.05) is 57.7 Å². The van der Waals surface area contributed by atoms with E-state index in [2.05, 4.69) is 14.4 Å². The van der Waals surface area contributed by atoms with Gasteiger partial charge in [0.2, 0.25) is 11.8 Å². The second-order valence-electron chi connectivity index (χ2n) is 9.67. The summed E-state index contributed by atoms with van der Waals surface area (Å²) in [5, 5.41) is 3.85. The van der Waals surface area contributed by atoms with Gasteiger partial charge in [-0.05, 0) is 30.2 Å². The van der Waals surface area contributed by atoms with Crippen LogP contribution in [0.1, 0.15) is 30.1 Å². The van der Waals surface area contributed by atoms with Crippen LogP contribution in [0.3, 0.4) is 0 Å². The van der Waals surface area contributed by atoms with Gasteiger partial charge in [-0.3, -0.25) is 19.0 Å². The highest BCUT2D eigenvalue weighted by molar-refractivity contribution is 6.00. The molecule has 1 aliphatic heterocycles. The minimum absolute atomic E-state index is 0.0356. The fraction of sp³-hybridized carbons (Fsp3) is 0.577. The summed E-state index contributed by atoms with van der Waals surface area (Å²) in [6, 6.07) is 2.74. The highest BCUT2D eigenvalue weighted by Crippen LogP contribution is 2.25. The Morgan fingerprint density at radius 3 is 2.39 bits per heavy atom. The zero-order valence-corrected chi connectivity index (χ0v) is 23.6. The van der Waals surface area contributed by atoms with Gasteiger partial charge in [0.15, 0.2) is 0 Å². The van der Waals surface area contributed by atoms with Crippen molar-refractivity contribution in [3.05, 3.63) is 55.2 Å². The predicted molar refractivity (Wildman–Crippen MR) is 147 cm³/mol. The zero-order valence-electron chi connectivity index (χ0n) is 23.6. The van der Waals surface area contributed by atoms with Crippen molar-refractivity contribution < 1.29 is 28.3 Å². The van der Waals surface area contributed by atoms with E-state index in [0.717, 1.165) is 4.57 Å². The zero-order chi connectivity index (χ0) is 30.1. The number of carbonyl (C=O) groups is 3. The number of likely N-dealkylation sites (tertiary alicyclic amines) is 1. The predicted octanol–water partition coefficient (Wildman–Crippen LogP) is 0.745. The lowest BCUT2D eigenvalue weighted by molar-refractivity contribution is -0.134. The molecule has 3 rings (SSSR count). The molecule has 1 fully saturated rings. The quantitative estimate of drug-likeness (QED) is 0.146. The molecule has 15 heteroatoms. The molecule has 0 unspecified atom stereocenters. The molecule has 1 aromatic heterocycles. The Bertz CT molecular complexity index is 1430. The third-order valence-electron chi connectivity index (χ3n) is 6.94. The van der Waals surface area contributed by atoms with Crippen molar-refractivity contribution in [2.24, 2.45) is 12.2 Å². The number of azide groups is 1. The van der Waals surface area contributed by atoms with Crippen LogP contribution in [-0.4, -0.2) is 109 Å². The Kier molecular flexibility index (Phi) is 11.0. The van der Waals surface area contributed by atoms with Crippen LogP contribution in [0.5, 0.6) is 0 Å². The van der Waals surface area contributed by atoms with Gasteiger partial charge in [-0.2, -0.15) is 0 Å². The van der Waals surface area contributed by atoms with E-state index >= 15 is 0 Å². The van der Waals surface area contributed by atoms with Crippen LogP contribution in [-0.2, 0) is 26.1 Å². The summed E-state index contributed by atoms with van der Waals surface area (Å²) in [6.45, 7) is 3.86. The number of carbonyl (C=O) groups excluding carboxylic acids is 3. The lowest BCUT2D eigenvalue weighted by Gasteiger charge is -2.28. The Hall–Kier alpha value is -4.20. The van der Waals surface area contributed by atoms with E-state index in [1.165, 1.54) is 35.0 Å². The summed E-state index contributed by atoms with van der Waals surface area (Å²) < 4.78 is 16.8. The number of amides is 3. The standard InChI is InChI=1S/C26H35N7O8/c1-5-22(34)30(2)8-10-39-12-13-40-11-9-31(3)24(36)21-15-18(28-29-27)16-33(21)23(35)17-6-7-19-20(14-17)32(4)26(38)41-25(19)37/h6-7,14,18,21H,5,8-13,15-16H2,1-4H3/t18-,21-/m0/s1. The number of aromatic nitrogens is 1. The Labute approximate surface area is 235 Å². The van der Waals surface area contributed by atoms with Crippen molar-refractivity contribution in [2.45, 2.75) is 31.8 Å². The summed E-state index contributed by atoms with van der Waals surface area (Å²) in [5.74, 6) is -1.67.